The molecule has 1 aromatic carbocycles. The van der Waals surface area contributed by atoms with E-state index in [9.17, 15) is 23.4 Å². The summed E-state index contributed by atoms with van der Waals surface area (Å²) in [4.78, 5) is 14.8. The summed E-state index contributed by atoms with van der Waals surface area (Å²) in [6.45, 7) is 5.28. The molecule has 3 rings (SSSR count). The van der Waals surface area contributed by atoms with E-state index in [0.717, 1.165) is 25.7 Å². The lowest BCUT2D eigenvalue weighted by Crippen LogP contribution is -2.50. The summed E-state index contributed by atoms with van der Waals surface area (Å²) in [6, 6.07) is 3.98. The molecule has 2 N–H and O–H groups in total. The lowest BCUT2D eigenvalue weighted by molar-refractivity contribution is -0.136. The Labute approximate surface area is 209 Å². The Morgan fingerprint density at radius 2 is 1.94 bits per heavy atom. The third kappa shape index (κ3) is 6.56. The highest BCUT2D eigenvalue weighted by atomic mass is 32.2. The number of amides is 1. The van der Waals surface area contributed by atoms with E-state index in [1.165, 1.54) is 16.8 Å². The van der Waals surface area contributed by atoms with E-state index in [1.54, 1.807) is 37.9 Å². The van der Waals surface area contributed by atoms with Crippen LogP contribution in [0.15, 0.2) is 23.1 Å². The predicted molar refractivity (Wildman–Crippen MR) is 133 cm³/mol. The van der Waals surface area contributed by atoms with Gasteiger partial charge in [-0.25, -0.2) is 8.42 Å². The predicted octanol–water partition coefficient (Wildman–Crippen LogP) is 2.23. The highest BCUT2D eigenvalue weighted by molar-refractivity contribution is 7.89. The first-order valence-electron chi connectivity index (χ1n) is 12.4. The maximum Gasteiger partial charge on any atom is 0.247 e. The Hall–Kier alpha value is -2.12. The maximum atomic E-state index is 13.5. The summed E-state index contributed by atoms with van der Waals surface area (Å²) < 4.78 is 34.7. The highest BCUT2D eigenvalue weighted by Gasteiger charge is 2.38. The number of carbonyl (C=O) groups excluding carboxylic acids is 1. The van der Waals surface area contributed by atoms with E-state index in [4.69, 9.17) is 4.74 Å². The number of ether oxygens (including phenoxy) is 1. The Bertz CT molecular complexity index is 1060. The van der Waals surface area contributed by atoms with Crippen LogP contribution < -0.4 is 4.74 Å². The van der Waals surface area contributed by atoms with Crippen LogP contribution in [0, 0.1) is 23.7 Å². The van der Waals surface area contributed by atoms with E-state index in [0.29, 0.717) is 12.1 Å². The molecule has 0 bridgehead atoms. The lowest BCUT2D eigenvalue weighted by Gasteiger charge is -2.38. The van der Waals surface area contributed by atoms with Crippen molar-refractivity contribution in [1.82, 2.24) is 9.21 Å². The fraction of sp³-hybridized carbons (Fsp3) is 0.654. The van der Waals surface area contributed by atoms with Gasteiger partial charge in [-0.2, -0.15) is 4.31 Å². The molecule has 0 spiro atoms. The van der Waals surface area contributed by atoms with Crippen LogP contribution >= 0.6 is 0 Å². The van der Waals surface area contributed by atoms with Crippen molar-refractivity contribution in [3.63, 3.8) is 0 Å². The standard InChI is InChI=1S/C26H38N2O6S/c1-18-15-28(19(2)17-29)35(32,33)25-13-12-21(11-10-20(3)30)14-23(25)34-24(18)16-27(4)26(31)22-8-6-5-7-9-22/h12-14,18-20,22,24,29-30H,5-9,15-17H2,1-4H3/t18-,19+,20-,24+/m1/s1. The Kier molecular flexibility index (Phi) is 9.22. The van der Waals surface area contributed by atoms with Gasteiger partial charge in [-0.1, -0.05) is 38.0 Å². The second kappa shape index (κ2) is 11.7. The number of carbonyl (C=O) groups is 1. The van der Waals surface area contributed by atoms with Crippen molar-refractivity contribution in [1.29, 1.82) is 0 Å². The number of hydrogen-bond donors (Lipinski definition) is 2. The van der Waals surface area contributed by atoms with Gasteiger partial charge in [0.15, 0.2) is 0 Å². The Morgan fingerprint density at radius 3 is 2.57 bits per heavy atom. The number of nitrogens with zero attached hydrogens (tertiary/aromatic N) is 2. The molecular weight excluding hydrogens is 468 g/mol. The second-order valence-electron chi connectivity index (χ2n) is 9.90. The summed E-state index contributed by atoms with van der Waals surface area (Å²) in [5.74, 6) is 5.54. The van der Waals surface area contributed by atoms with Gasteiger partial charge in [0.2, 0.25) is 15.9 Å². The Balaban J connectivity index is 1.97. The molecule has 8 nitrogen and oxygen atoms in total. The first-order chi connectivity index (χ1) is 16.5. The van der Waals surface area contributed by atoms with Crippen molar-refractivity contribution in [2.45, 2.75) is 76.0 Å². The van der Waals surface area contributed by atoms with Gasteiger partial charge in [0.1, 0.15) is 22.9 Å². The quantitative estimate of drug-likeness (QED) is 0.593. The normalized spacial score (nSPS) is 24.5. The lowest BCUT2D eigenvalue weighted by atomic mass is 9.88. The number of likely N-dealkylation sites (N-methyl/N-ethyl adjacent to an activating group) is 1. The highest BCUT2D eigenvalue weighted by Crippen LogP contribution is 2.34. The van der Waals surface area contributed by atoms with Gasteiger partial charge in [0, 0.05) is 37.0 Å². The van der Waals surface area contributed by atoms with Crippen LogP contribution in [0.1, 0.15) is 58.4 Å². The average molecular weight is 507 g/mol. The molecule has 35 heavy (non-hydrogen) atoms. The molecule has 1 heterocycles. The molecule has 0 radical (unpaired) electrons. The number of hydrogen-bond acceptors (Lipinski definition) is 6. The molecule has 0 saturated heterocycles. The Morgan fingerprint density at radius 1 is 1.26 bits per heavy atom. The number of fused-ring (bicyclic) bond motifs is 1. The van der Waals surface area contributed by atoms with Gasteiger partial charge >= 0.3 is 0 Å². The minimum atomic E-state index is -3.95. The van der Waals surface area contributed by atoms with E-state index in [-0.39, 0.29) is 41.5 Å². The van der Waals surface area contributed by atoms with E-state index < -0.39 is 28.3 Å². The minimum Gasteiger partial charge on any atom is -0.487 e. The summed E-state index contributed by atoms with van der Waals surface area (Å²) in [5, 5.41) is 19.3. The van der Waals surface area contributed by atoms with Crippen molar-refractivity contribution >= 4 is 15.9 Å². The van der Waals surface area contributed by atoms with Crippen molar-refractivity contribution in [3.8, 4) is 17.6 Å². The van der Waals surface area contributed by atoms with Gasteiger partial charge in [0.05, 0.1) is 13.2 Å². The molecule has 9 heteroatoms. The average Bonchev–Trinajstić information content (AvgIpc) is 2.84. The number of aliphatic hydroxyl groups excluding tert-OH is 2. The first kappa shape index (κ1) is 27.5. The molecule has 1 aliphatic carbocycles. The zero-order chi connectivity index (χ0) is 25.8. The van der Waals surface area contributed by atoms with Crippen molar-refractivity contribution in [3.05, 3.63) is 23.8 Å². The van der Waals surface area contributed by atoms with Crippen LogP contribution in [0.5, 0.6) is 5.75 Å². The maximum absolute atomic E-state index is 13.5. The fourth-order valence-corrected chi connectivity index (χ4v) is 6.56. The zero-order valence-electron chi connectivity index (χ0n) is 21.1. The van der Waals surface area contributed by atoms with Crippen LogP contribution in [0.25, 0.3) is 0 Å². The zero-order valence-corrected chi connectivity index (χ0v) is 21.9. The molecule has 1 amide bonds. The molecule has 0 aromatic heterocycles. The molecule has 1 saturated carbocycles. The fourth-order valence-electron chi connectivity index (χ4n) is 4.73. The number of aliphatic hydroxyl groups is 2. The van der Waals surface area contributed by atoms with E-state index in [2.05, 4.69) is 11.8 Å². The summed E-state index contributed by atoms with van der Waals surface area (Å²) in [6.07, 6.45) is 3.81. The number of benzene rings is 1. The molecule has 2 aliphatic rings. The van der Waals surface area contributed by atoms with Crippen molar-refractivity contribution < 1.29 is 28.2 Å². The van der Waals surface area contributed by atoms with Gasteiger partial charge in [-0.3, -0.25) is 4.79 Å². The third-order valence-electron chi connectivity index (χ3n) is 6.88. The molecule has 0 unspecified atom stereocenters. The van der Waals surface area contributed by atoms with E-state index in [1.807, 2.05) is 6.92 Å². The van der Waals surface area contributed by atoms with E-state index >= 15 is 0 Å². The molecule has 1 aromatic rings. The molecule has 194 valence electrons. The number of sulfonamides is 1. The van der Waals surface area contributed by atoms with Crippen molar-refractivity contribution in [2.75, 3.05) is 26.7 Å². The molecule has 4 atom stereocenters. The largest absolute Gasteiger partial charge is 0.487 e. The van der Waals surface area contributed by atoms with Crippen LogP contribution in [0.3, 0.4) is 0 Å². The van der Waals surface area contributed by atoms with Crippen LogP contribution in [0.4, 0.5) is 0 Å². The molecule has 1 aliphatic heterocycles. The SMILES string of the molecule is C[C@@H]1CN([C@@H](C)CO)S(=O)(=O)c2ccc(C#C[C@@H](C)O)cc2O[C@H]1CN(C)C(=O)C1CCCCC1. The van der Waals surface area contributed by atoms with Crippen molar-refractivity contribution in [2.24, 2.45) is 11.8 Å². The van der Waals surface area contributed by atoms with Crippen LogP contribution in [0.2, 0.25) is 0 Å². The summed E-state index contributed by atoms with van der Waals surface area (Å²) >= 11 is 0. The van der Waals surface area contributed by atoms with Gasteiger partial charge in [-0.15, -0.1) is 0 Å². The summed E-state index contributed by atoms with van der Waals surface area (Å²) in [7, 11) is -2.17. The third-order valence-corrected chi connectivity index (χ3v) is 8.90. The topological polar surface area (TPSA) is 107 Å². The second-order valence-corrected chi connectivity index (χ2v) is 11.8. The van der Waals surface area contributed by atoms with Crippen LogP contribution in [-0.4, -0.2) is 78.7 Å². The molecular formula is C26H38N2O6S. The van der Waals surface area contributed by atoms with Gasteiger partial charge < -0.3 is 19.8 Å². The van der Waals surface area contributed by atoms with Gasteiger partial charge in [0.25, 0.3) is 0 Å². The minimum absolute atomic E-state index is 0.00134. The smallest absolute Gasteiger partial charge is 0.247 e. The van der Waals surface area contributed by atoms with Gasteiger partial charge in [-0.05, 0) is 44.9 Å². The molecule has 1 fully saturated rings. The monoisotopic (exact) mass is 506 g/mol. The number of rotatable bonds is 5. The van der Waals surface area contributed by atoms with Crippen LogP contribution in [-0.2, 0) is 14.8 Å². The first-order valence-corrected chi connectivity index (χ1v) is 13.9. The summed E-state index contributed by atoms with van der Waals surface area (Å²) in [5.41, 5.74) is 0.514.